The number of carbonyl (C=O) groups is 1. The van der Waals surface area contributed by atoms with E-state index in [0.29, 0.717) is 6.61 Å². The highest BCUT2D eigenvalue weighted by molar-refractivity contribution is 5.80. The van der Waals surface area contributed by atoms with Gasteiger partial charge in [-0.05, 0) is 19.3 Å². The summed E-state index contributed by atoms with van der Waals surface area (Å²) in [6.45, 7) is 2.19. The van der Waals surface area contributed by atoms with Crippen LogP contribution in [0.5, 0.6) is 0 Å². The minimum Gasteiger partial charge on any atom is -0.381 e. The maximum atomic E-state index is 12.5. The van der Waals surface area contributed by atoms with Gasteiger partial charge >= 0.3 is 0 Å². The molecule has 2 aliphatic rings. The largest absolute Gasteiger partial charge is 0.381 e. The Morgan fingerprint density at radius 2 is 2.39 bits per heavy atom. The van der Waals surface area contributed by atoms with Crippen molar-refractivity contribution >= 4 is 5.91 Å². The maximum Gasteiger partial charge on any atom is 0.228 e. The second-order valence-electron chi connectivity index (χ2n) is 5.20. The zero-order valence-corrected chi connectivity index (χ0v) is 10.7. The molecular formula is C13H19N3O2. The summed E-state index contributed by atoms with van der Waals surface area (Å²) in [6.07, 6.45) is 6.89. The van der Waals surface area contributed by atoms with Gasteiger partial charge in [0.05, 0.1) is 24.8 Å². The van der Waals surface area contributed by atoms with E-state index in [0.717, 1.165) is 38.0 Å². The average Bonchev–Trinajstić information content (AvgIpc) is 3.09. The minimum absolute atomic E-state index is 0.0715. The SMILES string of the molecule is Cn1cc([C@@H]2CCCN2C(=O)[C@@H]2CCOC2)cn1. The van der Waals surface area contributed by atoms with Gasteiger partial charge in [-0.2, -0.15) is 5.10 Å². The molecule has 0 saturated carbocycles. The summed E-state index contributed by atoms with van der Waals surface area (Å²) in [5.74, 6) is 0.334. The van der Waals surface area contributed by atoms with Gasteiger partial charge in [-0.25, -0.2) is 0 Å². The van der Waals surface area contributed by atoms with Gasteiger partial charge in [-0.1, -0.05) is 0 Å². The third-order valence-corrected chi connectivity index (χ3v) is 3.92. The Balaban J connectivity index is 1.76. The lowest BCUT2D eigenvalue weighted by Gasteiger charge is -2.26. The van der Waals surface area contributed by atoms with Crippen molar-refractivity contribution in [2.45, 2.75) is 25.3 Å². The van der Waals surface area contributed by atoms with Crippen molar-refractivity contribution in [3.8, 4) is 0 Å². The van der Waals surface area contributed by atoms with E-state index in [4.69, 9.17) is 4.74 Å². The highest BCUT2D eigenvalue weighted by atomic mass is 16.5. The van der Waals surface area contributed by atoms with Crippen LogP contribution in [0.3, 0.4) is 0 Å². The number of ether oxygens (including phenoxy) is 1. The molecule has 0 aliphatic carbocycles. The second-order valence-corrected chi connectivity index (χ2v) is 5.20. The molecular weight excluding hydrogens is 230 g/mol. The molecule has 0 aromatic carbocycles. The summed E-state index contributed by atoms with van der Waals surface area (Å²) in [6, 6.07) is 0.215. The molecule has 0 spiro atoms. The van der Waals surface area contributed by atoms with Crippen LogP contribution in [0.15, 0.2) is 12.4 Å². The van der Waals surface area contributed by atoms with E-state index in [1.54, 1.807) is 4.68 Å². The van der Waals surface area contributed by atoms with Gasteiger partial charge in [0.2, 0.25) is 5.91 Å². The predicted molar refractivity (Wildman–Crippen MR) is 65.8 cm³/mol. The second kappa shape index (κ2) is 4.72. The van der Waals surface area contributed by atoms with Crippen molar-refractivity contribution < 1.29 is 9.53 Å². The number of hydrogen-bond donors (Lipinski definition) is 0. The summed E-state index contributed by atoms with van der Waals surface area (Å²) >= 11 is 0. The molecule has 2 atom stereocenters. The molecule has 2 fully saturated rings. The first-order valence-corrected chi connectivity index (χ1v) is 6.62. The van der Waals surface area contributed by atoms with Crippen LogP contribution >= 0.6 is 0 Å². The van der Waals surface area contributed by atoms with Gasteiger partial charge < -0.3 is 9.64 Å². The summed E-state index contributed by atoms with van der Waals surface area (Å²) in [4.78, 5) is 14.5. The van der Waals surface area contributed by atoms with Crippen molar-refractivity contribution in [3.63, 3.8) is 0 Å². The number of rotatable bonds is 2. The molecule has 0 bridgehead atoms. The van der Waals surface area contributed by atoms with Crippen molar-refractivity contribution in [2.75, 3.05) is 19.8 Å². The quantitative estimate of drug-likeness (QED) is 0.789. The van der Waals surface area contributed by atoms with Crippen LogP contribution < -0.4 is 0 Å². The molecule has 2 aliphatic heterocycles. The predicted octanol–water partition coefficient (Wildman–Crippen LogP) is 1.12. The number of hydrogen-bond acceptors (Lipinski definition) is 3. The third kappa shape index (κ3) is 2.03. The van der Waals surface area contributed by atoms with Crippen LogP contribution in [-0.4, -0.2) is 40.3 Å². The van der Waals surface area contributed by atoms with Crippen molar-refractivity contribution in [3.05, 3.63) is 18.0 Å². The molecule has 2 saturated heterocycles. The Kier molecular flexibility index (Phi) is 3.07. The standard InChI is InChI=1S/C13H19N3O2/c1-15-8-11(7-14-15)12-3-2-5-16(12)13(17)10-4-6-18-9-10/h7-8,10,12H,2-6,9H2,1H3/t10-,12+/m1/s1. The molecule has 0 unspecified atom stereocenters. The molecule has 1 aromatic rings. The van der Waals surface area contributed by atoms with Gasteiger partial charge in [0.1, 0.15) is 0 Å². The Labute approximate surface area is 107 Å². The first-order valence-electron chi connectivity index (χ1n) is 6.62. The van der Waals surface area contributed by atoms with E-state index in [9.17, 15) is 4.79 Å². The molecule has 5 nitrogen and oxygen atoms in total. The van der Waals surface area contributed by atoms with E-state index in [1.807, 2.05) is 24.3 Å². The highest BCUT2D eigenvalue weighted by Crippen LogP contribution is 2.33. The van der Waals surface area contributed by atoms with E-state index in [-0.39, 0.29) is 17.9 Å². The normalized spacial score (nSPS) is 27.9. The number of amides is 1. The summed E-state index contributed by atoms with van der Waals surface area (Å²) in [7, 11) is 1.91. The highest BCUT2D eigenvalue weighted by Gasteiger charge is 2.35. The van der Waals surface area contributed by atoms with Gasteiger partial charge in [0.15, 0.2) is 0 Å². The molecule has 0 radical (unpaired) electrons. The number of aromatic nitrogens is 2. The molecule has 18 heavy (non-hydrogen) atoms. The molecule has 5 heteroatoms. The fourth-order valence-corrected chi connectivity index (χ4v) is 2.95. The molecule has 3 rings (SSSR count). The van der Waals surface area contributed by atoms with E-state index in [1.165, 1.54) is 0 Å². The topological polar surface area (TPSA) is 47.4 Å². The van der Waals surface area contributed by atoms with Gasteiger partial charge in [-0.3, -0.25) is 9.48 Å². The smallest absolute Gasteiger partial charge is 0.228 e. The lowest BCUT2D eigenvalue weighted by molar-refractivity contribution is -0.136. The lowest BCUT2D eigenvalue weighted by Crippen LogP contribution is -2.35. The number of aryl methyl sites for hydroxylation is 1. The molecule has 1 amide bonds. The molecule has 0 N–H and O–H groups in total. The fourth-order valence-electron chi connectivity index (χ4n) is 2.95. The first kappa shape index (κ1) is 11.7. The van der Waals surface area contributed by atoms with Crippen LogP contribution in [0, 0.1) is 5.92 Å². The monoisotopic (exact) mass is 249 g/mol. The lowest BCUT2D eigenvalue weighted by atomic mass is 10.0. The zero-order valence-electron chi connectivity index (χ0n) is 10.7. The number of likely N-dealkylation sites (tertiary alicyclic amines) is 1. The summed E-state index contributed by atoms with van der Waals surface area (Å²) in [5, 5.41) is 4.21. The van der Waals surface area contributed by atoms with Crippen LogP contribution in [-0.2, 0) is 16.6 Å². The molecule has 3 heterocycles. The number of carbonyl (C=O) groups excluding carboxylic acids is 1. The van der Waals surface area contributed by atoms with Crippen molar-refractivity contribution in [1.82, 2.24) is 14.7 Å². The van der Waals surface area contributed by atoms with Crippen LogP contribution in [0.25, 0.3) is 0 Å². The van der Waals surface area contributed by atoms with Gasteiger partial charge in [0.25, 0.3) is 0 Å². The van der Waals surface area contributed by atoms with Gasteiger partial charge in [-0.15, -0.1) is 0 Å². The van der Waals surface area contributed by atoms with Crippen molar-refractivity contribution in [1.29, 1.82) is 0 Å². The van der Waals surface area contributed by atoms with Crippen molar-refractivity contribution in [2.24, 2.45) is 13.0 Å². The Bertz CT molecular complexity index is 437. The van der Waals surface area contributed by atoms with E-state index < -0.39 is 0 Å². The van der Waals surface area contributed by atoms with E-state index >= 15 is 0 Å². The van der Waals surface area contributed by atoms with E-state index in [2.05, 4.69) is 5.10 Å². The Morgan fingerprint density at radius 3 is 3.06 bits per heavy atom. The minimum atomic E-state index is 0.0715. The summed E-state index contributed by atoms with van der Waals surface area (Å²) < 4.78 is 7.12. The zero-order chi connectivity index (χ0) is 12.5. The van der Waals surface area contributed by atoms with Gasteiger partial charge in [0, 0.05) is 32.0 Å². The molecule has 98 valence electrons. The van der Waals surface area contributed by atoms with Crippen LogP contribution in [0.1, 0.15) is 30.9 Å². The van der Waals surface area contributed by atoms with Crippen LogP contribution in [0.2, 0.25) is 0 Å². The fraction of sp³-hybridized carbons (Fsp3) is 0.692. The Morgan fingerprint density at radius 1 is 1.50 bits per heavy atom. The van der Waals surface area contributed by atoms with Crippen LogP contribution in [0.4, 0.5) is 0 Å². The number of nitrogens with zero attached hydrogens (tertiary/aromatic N) is 3. The molecule has 1 aromatic heterocycles. The average molecular weight is 249 g/mol. The Hall–Kier alpha value is -1.36. The first-order chi connectivity index (χ1) is 8.75. The maximum absolute atomic E-state index is 12.5. The summed E-state index contributed by atoms with van der Waals surface area (Å²) in [5.41, 5.74) is 1.15. The third-order valence-electron chi connectivity index (χ3n) is 3.92.